The summed E-state index contributed by atoms with van der Waals surface area (Å²) < 4.78 is 0. The lowest BCUT2D eigenvalue weighted by Gasteiger charge is -2.17. The van der Waals surface area contributed by atoms with E-state index in [1.54, 1.807) is 24.3 Å². The van der Waals surface area contributed by atoms with Crippen LogP contribution in [0.25, 0.3) is 5.76 Å². The molecule has 0 unspecified atom stereocenters. The van der Waals surface area contributed by atoms with Gasteiger partial charge < -0.3 is 5.11 Å². The fourth-order valence-corrected chi connectivity index (χ4v) is 3.90. The van der Waals surface area contributed by atoms with Crippen molar-refractivity contribution in [3.63, 3.8) is 0 Å². The fourth-order valence-electron chi connectivity index (χ4n) is 3.90. The SMILES string of the molecule is O=C1C(=O)c2ccccc2C(O)=C1CCCc1ccc2c(c1)CCC2. The molecule has 0 saturated carbocycles. The third-order valence-corrected chi connectivity index (χ3v) is 5.25. The first-order chi connectivity index (χ1) is 12.1. The molecular weight excluding hydrogens is 312 g/mol. The zero-order chi connectivity index (χ0) is 17.4. The molecule has 2 aromatic carbocycles. The molecule has 4 rings (SSSR count). The summed E-state index contributed by atoms with van der Waals surface area (Å²) in [6.07, 6.45) is 5.55. The molecule has 0 aromatic heterocycles. The monoisotopic (exact) mass is 332 g/mol. The number of aliphatic hydroxyl groups excluding tert-OH is 1. The van der Waals surface area contributed by atoms with E-state index in [2.05, 4.69) is 18.2 Å². The summed E-state index contributed by atoms with van der Waals surface area (Å²) in [6, 6.07) is 13.4. The lowest BCUT2D eigenvalue weighted by Crippen LogP contribution is -2.24. The number of carbonyl (C=O) groups is 2. The van der Waals surface area contributed by atoms with Crippen molar-refractivity contribution < 1.29 is 14.7 Å². The molecule has 2 aliphatic carbocycles. The second-order valence-electron chi connectivity index (χ2n) is 6.84. The van der Waals surface area contributed by atoms with Gasteiger partial charge in [-0.3, -0.25) is 9.59 Å². The summed E-state index contributed by atoms with van der Waals surface area (Å²) in [5.41, 5.74) is 5.18. The van der Waals surface area contributed by atoms with Gasteiger partial charge in [0.2, 0.25) is 11.6 Å². The first-order valence-corrected chi connectivity index (χ1v) is 8.86. The zero-order valence-corrected chi connectivity index (χ0v) is 14.0. The Morgan fingerprint density at radius 1 is 0.840 bits per heavy atom. The highest BCUT2D eigenvalue weighted by atomic mass is 16.3. The van der Waals surface area contributed by atoms with Crippen LogP contribution in [-0.2, 0) is 24.1 Å². The van der Waals surface area contributed by atoms with E-state index >= 15 is 0 Å². The Morgan fingerprint density at radius 3 is 2.44 bits per heavy atom. The molecular formula is C22H20O3. The van der Waals surface area contributed by atoms with Crippen molar-refractivity contribution in [1.82, 2.24) is 0 Å². The molecule has 126 valence electrons. The van der Waals surface area contributed by atoms with Crippen molar-refractivity contribution in [2.75, 3.05) is 0 Å². The average molecular weight is 332 g/mol. The van der Waals surface area contributed by atoms with Gasteiger partial charge in [0.15, 0.2) is 0 Å². The van der Waals surface area contributed by atoms with Crippen molar-refractivity contribution in [3.8, 4) is 0 Å². The summed E-state index contributed by atoms with van der Waals surface area (Å²) in [5.74, 6) is -1.11. The quantitative estimate of drug-likeness (QED) is 0.852. The van der Waals surface area contributed by atoms with Crippen molar-refractivity contribution in [3.05, 3.63) is 75.9 Å². The third kappa shape index (κ3) is 2.80. The van der Waals surface area contributed by atoms with Crippen molar-refractivity contribution in [2.45, 2.75) is 38.5 Å². The van der Waals surface area contributed by atoms with Crippen molar-refractivity contribution in [1.29, 1.82) is 0 Å². The van der Waals surface area contributed by atoms with Crippen LogP contribution in [0.3, 0.4) is 0 Å². The number of carbonyl (C=O) groups excluding carboxylic acids is 2. The number of hydrogen-bond acceptors (Lipinski definition) is 3. The second-order valence-corrected chi connectivity index (χ2v) is 6.84. The molecule has 0 atom stereocenters. The van der Waals surface area contributed by atoms with Gasteiger partial charge in [-0.15, -0.1) is 0 Å². The van der Waals surface area contributed by atoms with Gasteiger partial charge in [0, 0.05) is 16.7 Å². The summed E-state index contributed by atoms with van der Waals surface area (Å²) in [5, 5.41) is 10.4. The Hall–Kier alpha value is -2.68. The van der Waals surface area contributed by atoms with E-state index in [-0.39, 0.29) is 11.3 Å². The smallest absolute Gasteiger partial charge is 0.234 e. The van der Waals surface area contributed by atoms with Crippen molar-refractivity contribution in [2.24, 2.45) is 0 Å². The highest BCUT2D eigenvalue weighted by Gasteiger charge is 2.31. The number of ketones is 2. The minimum atomic E-state index is -0.565. The number of hydrogen-bond donors (Lipinski definition) is 1. The maximum Gasteiger partial charge on any atom is 0.234 e. The van der Waals surface area contributed by atoms with E-state index in [0.717, 1.165) is 19.3 Å². The molecule has 0 heterocycles. The van der Waals surface area contributed by atoms with Crippen LogP contribution in [0.5, 0.6) is 0 Å². The van der Waals surface area contributed by atoms with Gasteiger partial charge in [0.25, 0.3) is 0 Å². The summed E-state index contributed by atoms with van der Waals surface area (Å²) >= 11 is 0. The Morgan fingerprint density at radius 2 is 1.60 bits per heavy atom. The van der Waals surface area contributed by atoms with Gasteiger partial charge in [-0.05, 0) is 55.2 Å². The van der Waals surface area contributed by atoms with Gasteiger partial charge >= 0.3 is 0 Å². The maximum atomic E-state index is 12.3. The maximum absolute atomic E-state index is 12.3. The lowest BCUT2D eigenvalue weighted by molar-refractivity contribution is -0.112. The molecule has 25 heavy (non-hydrogen) atoms. The van der Waals surface area contributed by atoms with Crippen LogP contribution in [0.1, 0.15) is 51.9 Å². The van der Waals surface area contributed by atoms with Crippen LogP contribution >= 0.6 is 0 Å². The predicted molar refractivity (Wildman–Crippen MR) is 96.7 cm³/mol. The summed E-state index contributed by atoms with van der Waals surface area (Å²) in [6.45, 7) is 0. The normalized spacial score (nSPS) is 16.2. The van der Waals surface area contributed by atoms with Crippen LogP contribution in [0.4, 0.5) is 0 Å². The molecule has 3 heteroatoms. The van der Waals surface area contributed by atoms with E-state index in [9.17, 15) is 14.7 Å². The third-order valence-electron chi connectivity index (χ3n) is 5.25. The topological polar surface area (TPSA) is 54.4 Å². The van der Waals surface area contributed by atoms with Crippen LogP contribution in [0.15, 0.2) is 48.0 Å². The Bertz CT molecular complexity index is 905. The van der Waals surface area contributed by atoms with E-state index < -0.39 is 11.6 Å². The number of aryl methyl sites for hydroxylation is 3. The highest BCUT2D eigenvalue weighted by Crippen LogP contribution is 2.30. The zero-order valence-electron chi connectivity index (χ0n) is 14.0. The van der Waals surface area contributed by atoms with Crippen LogP contribution in [-0.4, -0.2) is 16.7 Å². The van der Waals surface area contributed by atoms with E-state index in [1.807, 2.05) is 0 Å². The van der Waals surface area contributed by atoms with Crippen LogP contribution in [0.2, 0.25) is 0 Å². The number of aliphatic hydroxyl groups is 1. The minimum absolute atomic E-state index is 0.0332. The molecule has 0 fully saturated rings. The fraction of sp³-hybridized carbons (Fsp3) is 0.273. The molecule has 0 bridgehead atoms. The van der Waals surface area contributed by atoms with Crippen molar-refractivity contribution >= 4 is 17.3 Å². The predicted octanol–water partition coefficient (Wildman–Crippen LogP) is 4.23. The summed E-state index contributed by atoms with van der Waals surface area (Å²) in [7, 11) is 0. The summed E-state index contributed by atoms with van der Waals surface area (Å²) in [4.78, 5) is 24.6. The standard InChI is InChI=1S/C22H20O3/c23-20-17-8-1-2-9-18(17)21(24)22(25)19(20)10-3-5-14-11-12-15-6-4-7-16(15)13-14/h1-2,8-9,11-13,23H,3-7,10H2. The number of fused-ring (bicyclic) bond motifs is 2. The number of rotatable bonds is 4. The average Bonchev–Trinajstić information content (AvgIpc) is 3.10. The first-order valence-electron chi connectivity index (χ1n) is 8.86. The van der Waals surface area contributed by atoms with Gasteiger partial charge in [0.05, 0.1) is 0 Å². The van der Waals surface area contributed by atoms with Gasteiger partial charge in [-0.25, -0.2) is 0 Å². The molecule has 1 N–H and O–H groups in total. The second kappa shape index (κ2) is 6.32. The molecule has 2 aliphatic rings. The molecule has 2 aromatic rings. The largest absolute Gasteiger partial charge is 0.507 e. The molecule has 0 spiro atoms. The molecule has 0 radical (unpaired) electrons. The minimum Gasteiger partial charge on any atom is -0.507 e. The molecule has 0 amide bonds. The van der Waals surface area contributed by atoms with Gasteiger partial charge in [0.1, 0.15) is 5.76 Å². The number of allylic oxidation sites excluding steroid dienone is 1. The molecule has 3 nitrogen and oxygen atoms in total. The lowest BCUT2D eigenvalue weighted by atomic mass is 9.86. The molecule has 0 aliphatic heterocycles. The molecule has 0 saturated heterocycles. The van der Waals surface area contributed by atoms with E-state index in [1.165, 1.54) is 29.5 Å². The van der Waals surface area contributed by atoms with Crippen LogP contribution < -0.4 is 0 Å². The van der Waals surface area contributed by atoms with Gasteiger partial charge in [-0.1, -0.05) is 42.5 Å². The van der Waals surface area contributed by atoms with E-state index in [4.69, 9.17) is 0 Å². The van der Waals surface area contributed by atoms with Crippen LogP contribution in [0, 0.1) is 0 Å². The van der Waals surface area contributed by atoms with E-state index in [0.29, 0.717) is 17.5 Å². The van der Waals surface area contributed by atoms with Gasteiger partial charge in [-0.2, -0.15) is 0 Å². The number of Topliss-reactive ketones (excluding diaryl/α,β-unsaturated/α-hetero) is 2. The Labute approximate surface area is 147 Å². The first kappa shape index (κ1) is 15.8. The Kier molecular flexibility index (Phi) is 4.00. The number of benzene rings is 2. The highest BCUT2D eigenvalue weighted by molar-refractivity contribution is 6.52. The Balaban J connectivity index is 1.51.